The van der Waals surface area contributed by atoms with E-state index >= 15 is 0 Å². The second kappa shape index (κ2) is 6.25. The lowest BCUT2D eigenvalue weighted by atomic mass is 10.1. The van der Waals surface area contributed by atoms with Gasteiger partial charge in [0.15, 0.2) is 5.13 Å². The van der Waals surface area contributed by atoms with Gasteiger partial charge in [-0.2, -0.15) is 0 Å². The maximum atomic E-state index is 12.0. The molecule has 0 aliphatic heterocycles. The van der Waals surface area contributed by atoms with Gasteiger partial charge in [0.1, 0.15) is 11.3 Å². The minimum Gasteiger partial charge on any atom is -0.459 e. The van der Waals surface area contributed by atoms with Crippen molar-refractivity contribution in [1.82, 2.24) is 10.3 Å². The second-order valence-electron chi connectivity index (χ2n) is 4.88. The number of furan rings is 1. The zero-order valence-corrected chi connectivity index (χ0v) is 15.0. The van der Waals surface area contributed by atoms with E-state index in [0.717, 1.165) is 25.2 Å². The first-order chi connectivity index (χ1) is 10.5. The van der Waals surface area contributed by atoms with Crippen LogP contribution in [0.3, 0.4) is 0 Å². The van der Waals surface area contributed by atoms with Crippen molar-refractivity contribution in [3.8, 4) is 0 Å². The van der Waals surface area contributed by atoms with Gasteiger partial charge in [0.2, 0.25) is 0 Å². The van der Waals surface area contributed by atoms with Crippen LogP contribution in [0.25, 0.3) is 11.0 Å². The number of thiazole rings is 1. The fourth-order valence-electron chi connectivity index (χ4n) is 2.31. The molecule has 7 heteroatoms. The molecule has 1 aromatic carbocycles. The Kier molecular flexibility index (Phi) is 4.34. The number of anilines is 1. The monoisotopic (exact) mass is 427 g/mol. The number of aryl methyl sites for hydroxylation is 1. The van der Waals surface area contributed by atoms with Gasteiger partial charge < -0.3 is 9.73 Å². The molecule has 3 aromatic rings. The highest BCUT2D eigenvalue weighted by molar-refractivity contribution is 14.1. The van der Waals surface area contributed by atoms with E-state index in [9.17, 15) is 4.79 Å². The van der Waals surface area contributed by atoms with Gasteiger partial charge in [0, 0.05) is 10.9 Å². The topological polar surface area (TPSA) is 67.2 Å². The van der Waals surface area contributed by atoms with Crippen molar-refractivity contribution < 1.29 is 9.21 Å². The van der Waals surface area contributed by atoms with Crippen LogP contribution < -0.4 is 10.6 Å². The molecule has 0 saturated heterocycles. The first-order valence-corrected chi connectivity index (χ1v) is 8.61. The van der Waals surface area contributed by atoms with Crippen LogP contribution in [0.4, 0.5) is 9.93 Å². The third kappa shape index (κ3) is 3.09. The lowest BCUT2D eigenvalue weighted by Crippen LogP contribution is -2.31. The van der Waals surface area contributed by atoms with E-state index in [4.69, 9.17) is 4.42 Å². The van der Waals surface area contributed by atoms with Crippen LogP contribution in [0.1, 0.15) is 24.3 Å². The second-order valence-corrected chi connectivity index (χ2v) is 7.80. The highest BCUT2D eigenvalue weighted by Gasteiger charge is 2.18. The summed E-state index contributed by atoms with van der Waals surface area (Å²) >= 11 is 3.59. The first-order valence-electron chi connectivity index (χ1n) is 6.71. The number of rotatable bonds is 3. The van der Waals surface area contributed by atoms with E-state index in [1.54, 1.807) is 6.20 Å². The third-order valence-corrected chi connectivity index (χ3v) is 4.96. The van der Waals surface area contributed by atoms with Crippen LogP contribution in [0, 0.1) is 9.81 Å². The number of hydrogen-bond acceptors (Lipinski definition) is 4. The van der Waals surface area contributed by atoms with Crippen LogP contribution >= 0.6 is 33.9 Å². The van der Waals surface area contributed by atoms with Gasteiger partial charge in [-0.25, -0.2) is 9.78 Å². The Labute approximate surface area is 145 Å². The molecule has 22 heavy (non-hydrogen) atoms. The van der Waals surface area contributed by atoms with E-state index < -0.39 is 0 Å². The summed E-state index contributed by atoms with van der Waals surface area (Å²) in [5.74, 6) is 0.769. The average molecular weight is 427 g/mol. The standard InChI is InChI=1S/C15H14IN3O2S/c1-8-10-5-3-4-6-11(10)21-13(8)9(2)18-14(20)19-15-17-7-12(16)22-15/h3-7,9H,1-2H3,(H2,17,18,19,20)/t9-/m1/s1. The number of nitrogens with one attached hydrogen (secondary N) is 2. The van der Waals surface area contributed by atoms with Crippen LogP contribution in [0.2, 0.25) is 0 Å². The number of nitrogens with zero attached hydrogens (tertiary/aromatic N) is 1. The molecule has 0 fully saturated rings. The van der Waals surface area contributed by atoms with Crippen molar-refractivity contribution in [3.05, 3.63) is 44.7 Å². The highest BCUT2D eigenvalue weighted by atomic mass is 127. The van der Waals surface area contributed by atoms with Crippen molar-refractivity contribution in [2.24, 2.45) is 0 Å². The Balaban J connectivity index is 1.74. The molecule has 0 unspecified atom stereocenters. The summed E-state index contributed by atoms with van der Waals surface area (Å²) in [5.41, 5.74) is 1.88. The fraction of sp³-hybridized carbons (Fsp3) is 0.200. The number of halogens is 1. The van der Waals surface area contributed by atoms with Gasteiger partial charge in [0.05, 0.1) is 15.1 Å². The molecule has 2 amide bonds. The number of aromatic nitrogens is 1. The molecule has 0 radical (unpaired) electrons. The molecule has 0 aliphatic rings. The summed E-state index contributed by atoms with van der Waals surface area (Å²) in [6.45, 7) is 3.90. The zero-order chi connectivity index (χ0) is 15.7. The normalized spacial score (nSPS) is 12.3. The Hall–Kier alpha value is -1.61. The molecule has 0 aliphatic carbocycles. The summed E-state index contributed by atoms with van der Waals surface area (Å²) in [6.07, 6.45) is 1.72. The number of urea groups is 1. The number of carbonyl (C=O) groups is 1. The van der Waals surface area contributed by atoms with Gasteiger partial charge in [-0.1, -0.05) is 29.5 Å². The summed E-state index contributed by atoms with van der Waals surface area (Å²) in [5, 5.41) is 7.25. The smallest absolute Gasteiger partial charge is 0.321 e. The van der Waals surface area contributed by atoms with Crippen molar-refractivity contribution in [2.75, 3.05) is 5.32 Å². The van der Waals surface area contributed by atoms with Crippen LogP contribution in [-0.2, 0) is 0 Å². The van der Waals surface area contributed by atoms with Gasteiger partial charge in [0.25, 0.3) is 0 Å². The Morgan fingerprint density at radius 1 is 1.41 bits per heavy atom. The first kappa shape index (κ1) is 15.3. The molecule has 114 valence electrons. The SMILES string of the molecule is Cc1c([C@@H](C)NC(=O)Nc2ncc(I)s2)oc2ccccc12. The molecule has 0 spiro atoms. The molecule has 2 heterocycles. The van der Waals surface area contributed by atoms with E-state index in [0.29, 0.717) is 5.13 Å². The van der Waals surface area contributed by atoms with Crippen molar-refractivity contribution in [1.29, 1.82) is 0 Å². The zero-order valence-electron chi connectivity index (χ0n) is 12.0. The summed E-state index contributed by atoms with van der Waals surface area (Å²) in [6, 6.07) is 7.33. The largest absolute Gasteiger partial charge is 0.459 e. The highest BCUT2D eigenvalue weighted by Crippen LogP contribution is 2.29. The molecule has 1 atom stereocenters. The maximum Gasteiger partial charge on any atom is 0.321 e. The Morgan fingerprint density at radius 2 is 2.18 bits per heavy atom. The molecule has 0 saturated carbocycles. The third-order valence-electron chi connectivity index (χ3n) is 3.32. The molecule has 5 nitrogen and oxygen atoms in total. The number of benzene rings is 1. The van der Waals surface area contributed by atoms with Gasteiger partial charge in [-0.05, 0) is 42.5 Å². The fourth-order valence-corrected chi connectivity index (χ4v) is 3.62. The van der Waals surface area contributed by atoms with Gasteiger partial charge >= 0.3 is 6.03 Å². The molecule has 0 bridgehead atoms. The molecular weight excluding hydrogens is 413 g/mol. The minimum atomic E-state index is -0.293. The Morgan fingerprint density at radius 3 is 2.86 bits per heavy atom. The van der Waals surface area contributed by atoms with Crippen LogP contribution in [-0.4, -0.2) is 11.0 Å². The average Bonchev–Trinajstić information content (AvgIpc) is 3.03. The number of hydrogen-bond donors (Lipinski definition) is 2. The number of para-hydroxylation sites is 1. The van der Waals surface area contributed by atoms with Crippen molar-refractivity contribution in [3.63, 3.8) is 0 Å². The predicted octanol–water partition coefficient (Wildman–Crippen LogP) is 4.69. The van der Waals surface area contributed by atoms with E-state index in [-0.39, 0.29) is 12.1 Å². The van der Waals surface area contributed by atoms with Gasteiger partial charge in [-0.3, -0.25) is 5.32 Å². The molecule has 2 N–H and O–H groups in total. The lowest BCUT2D eigenvalue weighted by Gasteiger charge is -2.12. The Bertz CT molecular complexity index is 827. The van der Waals surface area contributed by atoms with E-state index in [2.05, 4.69) is 38.2 Å². The minimum absolute atomic E-state index is 0.230. The summed E-state index contributed by atoms with van der Waals surface area (Å²) < 4.78 is 6.88. The maximum absolute atomic E-state index is 12.0. The van der Waals surface area contributed by atoms with Crippen LogP contribution in [0.15, 0.2) is 34.9 Å². The van der Waals surface area contributed by atoms with E-state index in [1.165, 1.54) is 11.3 Å². The summed E-state index contributed by atoms with van der Waals surface area (Å²) in [7, 11) is 0. The molecule has 2 aromatic heterocycles. The number of fused-ring (bicyclic) bond motifs is 1. The van der Waals surface area contributed by atoms with Crippen molar-refractivity contribution in [2.45, 2.75) is 19.9 Å². The molecule has 3 rings (SSSR count). The van der Waals surface area contributed by atoms with Crippen molar-refractivity contribution >= 4 is 56.1 Å². The lowest BCUT2D eigenvalue weighted by molar-refractivity contribution is 0.248. The number of amides is 2. The van der Waals surface area contributed by atoms with E-state index in [1.807, 2.05) is 38.1 Å². The number of carbonyl (C=O) groups excluding carboxylic acids is 1. The van der Waals surface area contributed by atoms with Gasteiger partial charge in [-0.15, -0.1) is 0 Å². The predicted molar refractivity (Wildman–Crippen MR) is 96.4 cm³/mol. The molecular formula is C15H14IN3O2S. The van der Waals surface area contributed by atoms with Crippen LogP contribution in [0.5, 0.6) is 0 Å². The quantitative estimate of drug-likeness (QED) is 0.597. The summed E-state index contributed by atoms with van der Waals surface area (Å²) in [4.78, 5) is 16.1.